The van der Waals surface area contributed by atoms with Crippen LogP contribution in [0.5, 0.6) is 5.75 Å². The first kappa shape index (κ1) is 23.5. The number of benzene rings is 3. The van der Waals surface area contributed by atoms with Crippen LogP contribution in [-0.2, 0) is 9.59 Å². The summed E-state index contributed by atoms with van der Waals surface area (Å²) < 4.78 is 18.9. The second-order valence-electron chi connectivity index (χ2n) is 8.87. The van der Waals surface area contributed by atoms with E-state index >= 15 is 0 Å². The Kier molecular flexibility index (Phi) is 6.96. The van der Waals surface area contributed by atoms with E-state index in [1.165, 1.54) is 17.7 Å². The van der Waals surface area contributed by atoms with Gasteiger partial charge in [0.1, 0.15) is 11.6 Å². The minimum atomic E-state index is -0.565. The largest absolute Gasteiger partial charge is 0.497 e. The lowest BCUT2D eigenvalue weighted by Crippen LogP contribution is -2.47. The van der Waals surface area contributed by atoms with Crippen LogP contribution in [0.3, 0.4) is 0 Å². The predicted molar refractivity (Wildman–Crippen MR) is 132 cm³/mol. The van der Waals surface area contributed by atoms with Crippen molar-refractivity contribution in [1.82, 2.24) is 0 Å². The van der Waals surface area contributed by atoms with Crippen LogP contribution < -0.4 is 15.0 Å². The Labute approximate surface area is 199 Å². The van der Waals surface area contributed by atoms with Gasteiger partial charge in [-0.15, -0.1) is 0 Å². The van der Waals surface area contributed by atoms with Gasteiger partial charge in [-0.25, -0.2) is 4.39 Å². The molecule has 6 heteroatoms. The third kappa shape index (κ3) is 4.96. The topological polar surface area (TPSA) is 58.6 Å². The molecule has 34 heavy (non-hydrogen) atoms. The molecule has 0 aliphatic carbocycles. The minimum Gasteiger partial charge on any atom is -0.497 e. The summed E-state index contributed by atoms with van der Waals surface area (Å²) in [5.74, 6) is -0.0497. The molecule has 0 unspecified atom stereocenters. The highest BCUT2D eigenvalue weighted by Crippen LogP contribution is 2.41. The van der Waals surface area contributed by atoms with Crippen LogP contribution >= 0.6 is 0 Å². The maximum absolute atomic E-state index is 13.7. The summed E-state index contributed by atoms with van der Waals surface area (Å²) >= 11 is 0. The Bertz CT molecular complexity index is 1140. The number of rotatable bonds is 6. The lowest BCUT2D eigenvalue weighted by atomic mass is 9.83. The van der Waals surface area contributed by atoms with Gasteiger partial charge < -0.3 is 15.0 Å². The number of anilines is 2. The fourth-order valence-corrected chi connectivity index (χ4v) is 4.44. The first-order chi connectivity index (χ1) is 16.4. The van der Waals surface area contributed by atoms with Crippen LogP contribution in [0, 0.1) is 11.7 Å². The molecule has 1 fully saturated rings. The highest BCUT2D eigenvalue weighted by atomic mass is 19.1. The number of methoxy groups -OCH3 is 1. The van der Waals surface area contributed by atoms with Gasteiger partial charge in [0, 0.05) is 17.8 Å². The number of ether oxygens (including phenoxy) is 1. The van der Waals surface area contributed by atoms with Gasteiger partial charge in [0.25, 0.3) is 0 Å². The second kappa shape index (κ2) is 10.1. The van der Waals surface area contributed by atoms with Crippen LogP contribution in [0.15, 0.2) is 72.8 Å². The van der Waals surface area contributed by atoms with E-state index in [-0.39, 0.29) is 24.1 Å². The van der Waals surface area contributed by atoms with Gasteiger partial charge in [0.2, 0.25) is 11.8 Å². The number of hydrogen-bond acceptors (Lipinski definition) is 3. The molecule has 176 valence electrons. The average molecular weight is 461 g/mol. The molecule has 3 aromatic rings. The van der Waals surface area contributed by atoms with E-state index in [1.54, 1.807) is 48.4 Å². The lowest BCUT2D eigenvalue weighted by molar-refractivity contribution is -0.125. The van der Waals surface area contributed by atoms with Crippen LogP contribution in [-0.4, -0.2) is 18.9 Å². The number of amides is 2. The Balaban J connectivity index is 1.68. The van der Waals surface area contributed by atoms with Gasteiger partial charge >= 0.3 is 0 Å². The van der Waals surface area contributed by atoms with Crippen molar-refractivity contribution in [3.05, 3.63) is 89.7 Å². The van der Waals surface area contributed by atoms with E-state index < -0.39 is 12.0 Å². The molecule has 0 saturated carbocycles. The fraction of sp³-hybridized carbons (Fsp3) is 0.286. The predicted octanol–water partition coefficient (Wildman–Crippen LogP) is 6.08. The summed E-state index contributed by atoms with van der Waals surface area (Å²) in [6, 6.07) is 20.4. The van der Waals surface area contributed by atoms with Crippen molar-refractivity contribution in [2.24, 2.45) is 5.92 Å². The number of nitrogens with zero attached hydrogens (tertiary/aromatic N) is 1. The summed E-state index contributed by atoms with van der Waals surface area (Å²) in [4.78, 5) is 28.2. The summed E-state index contributed by atoms with van der Waals surface area (Å²) in [6.45, 7) is 4.24. The van der Waals surface area contributed by atoms with E-state index in [1.807, 2.05) is 24.3 Å². The zero-order valence-electron chi connectivity index (χ0n) is 19.6. The standard InChI is InChI=1S/C28H29FN2O3/c1-18(2)19-6-10-22(11-7-19)30-28(33)25-16-17-26(32)31(23-12-14-24(34-3)15-13-23)27(25)20-4-8-21(29)9-5-20/h4-15,18,25,27H,16-17H2,1-3H3,(H,30,33)/t25-,27-/m1/s1. The lowest BCUT2D eigenvalue weighted by Gasteiger charge is -2.41. The Morgan fingerprint density at radius 3 is 2.24 bits per heavy atom. The maximum atomic E-state index is 13.7. The third-order valence-electron chi connectivity index (χ3n) is 6.34. The number of halogens is 1. The van der Waals surface area contributed by atoms with E-state index in [9.17, 15) is 14.0 Å². The molecule has 1 aliphatic heterocycles. The SMILES string of the molecule is COc1ccc(N2C(=O)CC[C@@H](C(=O)Nc3ccc(C(C)C)cc3)[C@H]2c2ccc(F)cc2)cc1. The molecule has 4 rings (SSSR count). The molecule has 1 saturated heterocycles. The monoisotopic (exact) mass is 460 g/mol. The molecule has 1 N–H and O–H groups in total. The van der Waals surface area contributed by atoms with Crippen molar-refractivity contribution in [2.75, 3.05) is 17.3 Å². The quantitative estimate of drug-likeness (QED) is 0.485. The summed E-state index contributed by atoms with van der Waals surface area (Å²) in [7, 11) is 1.58. The third-order valence-corrected chi connectivity index (χ3v) is 6.34. The molecule has 2 amide bonds. The van der Waals surface area contributed by atoms with E-state index in [2.05, 4.69) is 19.2 Å². The molecule has 0 aromatic heterocycles. The molecule has 1 aliphatic rings. The molecule has 3 aromatic carbocycles. The molecule has 2 atom stereocenters. The highest BCUT2D eigenvalue weighted by Gasteiger charge is 2.41. The van der Waals surface area contributed by atoms with Crippen LogP contribution in [0.1, 0.15) is 49.8 Å². The van der Waals surface area contributed by atoms with Gasteiger partial charge in [0.05, 0.1) is 19.1 Å². The van der Waals surface area contributed by atoms with Crippen LogP contribution in [0.2, 0.25) is 0 Å². The maximum Gasteiger partial charge on any atom is 0.229 e. The average Bonchev–Trinajstić information content (AvgIpc) is 2.84. The van der Waals surface area contributed by atoms with Gasteiger partial charge in [-0.1, -0.05) is 38.1 Å². The number of hydrogen-bond donors (Lipinski definition) is 1. The van der Waals surface area contributed by atoms with Crippen molar-refractivity contribution >= 4 is 23.2 Å². The first-order valence-electron chi connectivity index (χ1n) is 11.5. The minimum absolute atomic E-state index is 0.0789. The Hall–Kier alpha value is -3.67. The Morgan fingerprint density at radius 1 is 1.00 bits per heavy atom. The molecule has 0 spiro atoms. The van der Waals surface area contributed by atoms with E-state index in [4.69, 9.17) is 4.74 Å². The van der Waals surface area contributed by atoms with Crippen molar-refractivity contribution in [3.8, 4) is 5.75 Å². The number of carbonyl (C=O) groups is 2. The van der Waals surface area contributed by atoms with Gasteiger partial charge in [-0.05, 0) is 72.0 Å². The normalized spacial score (nSPS) is 18.1. The number of nitrogens with one attached hydrogen (secondary N) is 1. The summed E-state index contributed by atoms with van der Waals surface area (Å²) in [6.07, 6.45) is 0.650. The number of carbonyl (C=O) groups excluding carboxylic acids is 2. The smallest absolute Gasteiger partial charge is 0.229 e. The zero-order valence-corrected chi connectivity index (χ0v) is 19.6. The molecular weight excluding hydrogens is 431 g/mol. The molecule has 5 nitrogen and oxygen atoms in total. The van der Waals surface area contributed by atoms with Crippen molar-refractivity contribution in [1.29, 1.82) is 0 Å². The summed E-state index contributed by atoms with van der Waals surface area (Å²) in [5, 5.41) is 3.02. The molecule has 0 radical (unpaired) electrons. The van der Waals surface area contributed by atoms with Crippen molar-refractivity contribution in [3.63, 3.8) is 0 Å². The van der Waals surface area contributed by atoms with Crippen LogP contribution in [0.4, 0.5) is 15.8 Å². The molecular formula is C28H29FN2O3. The summed E-state index contributed by atoms with van der Waals surface area (Å²) in [5.41, 5.74) is 3.27. The Morgan fingerprint density at radius 2 is 1.65 bits per heavy atom. The van der Waals surface area contributed by atoms with Crippen molar-refractivity contribution < 1.29 is 18.7 Å². The molecule has 0 bridgehead atoms. The van der Waals surface area contributed by atoms with Gasteiger partial charge in [-0.3, -0.25) is 9.59 Å². The molecule has 1 heterocycles. The number of piperidine rings is 1. The zero-order chi connectivity index (χ0) is 24.2. The van der Waals surface area contributed by atoms with Crippen molar-refractivity contribution in [2.45, 2.75) is 38.6 Å². The first-order valence-corrected chi connectivity index (χ1v) is 11.5. The highest BCUT2D eigenvalue weighted by molar-refractivity contribution is 6.00. The van der Waals surface area contributed by atoms with E-state index in [0.29, 0.717) is 35.0 Å². The van der Waals surface area contributed by atoms with E-state index in [0.717, 1.165) is 0 Å². The van der Waals surface area contributed by atoms with Gasteiger partial charge in [0.15, 0.2) is 0 Å². The second-order valence-corrected chi connectivity index (χ2v) is 8.87. The fourth-order valence-electron chi connectivity index (χ4n) is 4.44. The van der Waals surface area contributed by atoms with Crippen LogP contribution in [0.25, 0.3) is 0 Å². The van der Waals surface area contributed by atoms with Gasteiger partial charge in [-0.2, -0.15) is 0 Å².